The molecular formula is C17H27Cl2N3O2. The van der Waals surface area contributed by atoms with E-state index in [9.17, 15) is 9.90 Å². The number of unbranched alkanes of at least 4 members (excludes halogenated alkanes) is 1. The minimum absolute atomic E-state index is 0. The van der Waals surface area contributed by atoms with E-state index >= 15 is 0 Å². The summed E-state index contributed by atoms with van der Waals surface area (Å²) in [6, 6.07) is 4.03. The third kappa shape index (κ3) is 4.60. The van der Waals surface area contributed by atoms with Gasteiger partial charge in [-0.3, -0.25) is 9.78 Å². The summed E-state index contributed by atoms with van der Waals surface area (Å²) in [5, 5.41) is 13.0. The van der Waals surface area contributed by atoms with Crippen LogP contribution in [-0.4, -0.2) is 53.7 Å². The van der Waals surface area contributed by atoms with Crippen molar-refractivity contribution in [2.45, 2.75) is 25.7 Å². The Labute approximate surface area is 156 Å². The highest BCUT2D eigenvalue weighted by molar-refractivity contribution is 5.85. The molecule has 1 aromatic rings. The van der Waals surface area contributed by atoms with Crippen molar-refractivity contribution in [2.24, 2.45) is 11.3 Å². The van der Waals surface area contributed by atoms with Crippen LogP contribution in [0.15, 0.2) is 24.5 Å². The average Bonchev–Trinajstić information content (AvgIpc) is 3.10. The second-order valence-electron chi connectivity index (χ2n) is 6.69. The van der Waals surface area contributed by atoms with Gasteiger partial charge in [-0.2, -0.15) is 0 Å². The van der Waals surface area contributed by atoms with Gasteiger partial charge in [0.2, 0.25) is 5.91 Å². The molecule has 1 aromatic heterocycles. The van der Waals surface area contributed by atoms with Gasteiger partial charge in [0.1, 0.15) is 0 Å². The third-order valence-corrected chi connectivity index (χ3v) is 5.18. The van der Waals surface area contributed by atoms with Crippen molar-refractivity contribution < 1.29 is 9.90 Å². The van der Waals surface area contributed by atoms with Crippen molar-refractivity contribution in [1.82, 2.24) is 15.2 Å². The number of pyridine rings is 1. The Morgan fingerprint density at radius 2 is 2.25 bits per heavy atom. The largest absolute Gasteiger partial charge is 0.396 e. The lowest BCUT2D eigenvalue weighted by atomic mass is 9.82. The van der Waals surface area contributed by atoms with Crippen LogP contribution in [0.5, 0.6) is 0 Å². The van der Waals surface area contributed by atoms with Crippen LogP contribution in [0.25, 0.3) is 0 Å². The molecule has 24 heavy (non-hydrogen) atoms. The number of carbonyl (C=O) groups is 1. The first-order valence-electron chi connectivity index (χ1n) is 8.22. The fraction of sp³-hybridized carbons (Fsp3) is 0.647. The topological polar surface area (TPSA) is 65.5 Å². The number of carbonyl (C=O) groups excluding carboxylic acids is 1. The van der Waals surface area contributed by atoms with Crippen LogP contribution in [0, 0.1) is 11.3 Å². The maximum Gasteiger partial charge on any atom is 0.222 e. The van der Waals surface area contributed by atoms with E-state index in [1.165, 1.54) is 5.56 Å². The van der Waals surface area contributed by atoms with Gasteiger partial charge in [-0.25, -0.2) is 0 Å². The fourth-order valence-electron chi connectivity index (χ4n) is 3.74. The zero-order chi connectivity index (χ0) is 15.4. The van der Waals surface area contributed by atoms with Crippen molar-refractivity contribution in [3.05, 3.63) is 30.1 Å². The lowest BCUT2D eigenvalue weighted by Gasteiger charge is -2.25. The normalized spacial score (nSPS) is 24.9. The summed E-state index contributed by atoms with van der Waals surface area (Å²) in [6.07, 6.45) is 7.20. The minimum atomic E-state index is -0.0919. The van der Waals surface area contributed by atoms with Crippen LogP contribution < -0.4 is 5.32 Å². The van der Waals surface area contributed by atoms with Crippen molar-refractivity contribution in [3.8, 4) is 0 Å². The quantitative estimate of drug-likeness (QED) is 0.742. The van der Waals surface area contributed by atoms with Gasteiger partial charge in [-0.15, -0.1) is 24.8 Å². The summed E-state index contributed by atoms with van der Waals surface area (Å²) in [7, 11) is 0. The molecule has 7 heteroatoms. The Balaban J connectivity index is 0.00000144. The van der Waals surface area contributed by atoms with Crippen LogP contribution >= 0.6 is 24.8 Å². The molecule has 2 aliphatic rings. The minimum Gasteiger partial charge on any atom is -0.396 e. The van der Waals surface area contributed by atoms with Crippen LogP contribution in [0.3, 0.4) is 0 Å². The molecule has 2 fully saturated rings. The molecule has 2 unspecified atom stereocenters. The van der Waals surface area contributed by atoms with E-state index in [-0.39, 0.29) is 42.7 Å². The van der Waals surface area contributed by atoms with Gasteiger partial charge >= 0.3 is 0 Å². The molecule has 0 bridgehead atoms. The van der Waals surface area contributed by atoms with Crippen molar-refractivity contribution >= 4 is 30.7 Å². The van der Waals surface area contributed by atoms with Gasteiger partial charge in [0.15, 0.2) is 0 Å². The first-order valence-corrected chi connectivity index (χ1v) is 8.22. The number of aliphatic hydroxyl groups is 1. The van der Waals surface area contributed by atoms with Gasteiger partial charge in [0.25, 0.3) is 0 Å². The number of hydrogen-bond acceptors (Lipinski definition) is 4. The van der Waals surface area contributed by atoms with Crippen molar-refractivity contribution in [3.63, 3.8) is 0 Å². The molecule has 2 atom stereocenters. The standard InChI is InChI=1S/C17H25N3O2.2ClH/c21-13-17-11-19-9-15(17)10-20(12-17)16(22)6-2-1-4-14-5-3-7-18-8-14;;/h3,5,7-8,15,19,21H,1-2,4,6,9-13H2;2*1H. The fourth-order valence-corrected chi connectivity index (χ4v) is 3.74. The predicted molar refractivity (Wildman–Crippen MR) is 98.7 cm³/mol. The summed E-state index contributed by atoms with van der Waals surface area (Å²) in [4.78, 5) is 18.4. The molecule has 0 spiro atoms. The van der Waals surface area contributed by atoms with E-state index in [0.717, 1.165) is 38.9 Å². The molecule has 0 aliphatic carbocycles. The van der Waals surface area contributed by atoms with E-state index in [0.29, 0.717) is 18.9 Å². The number of aryl methyl sites for hydroxylation is 1. The number of amides is 1. The molecule has 2 aliphatic heterocycles. The van der Waals surface area contributed by atoms with Gasteiger partial charge in [0.05, 0.1) is 6.61 Å². The average molecular weight is 376 g/mol. The molecule has 1 amide bonds. The van der Waals surface area contributed by atoms with Crippen molar-refractivity contribution in [2.75, 3.05) is 32.8 Å². The van der Waals surface area contributed by atoms with Gasteiger partial charge in [-0.1, -0.05) is 6.07 Å². The van der Waals surface area contributed by atoms with Crippen LogP contribution in [0.4, 0.5) is 0 Å². The molecular weight excluding hydrogens is 349 g/mol. The molecule has 2 saturated heterocycles. The summed E-state index contributed by atoms with van der Waals surface area (Å²) >= 11 is 0. The van der Waals surface area contributed by atoms with E-state index in [4.69, 9.17) is 0 Å². The summed E-state index contributed by atoms with van der Waals surface area (Å²) in [5.41, 5.74) is 1.14. The molecule has 136 valence electrons. The van der Waals surface area contributed by atoms with Crippen LogP contribution in [0.2, 0.25) is 0 Å². The number of halogens is 2. The first-order chi connectivity index (χ1) is 10.7. The number of fused-ring (bicyclic) bond motifs is 1. The molecule has 2 N–H and O–H groups in total. The number of aliphatic hydroxyl groups excluding tert-OH is 1. The summed E-state index contributed by atoms with van der Waals surface area (Å²) in [6.45, 7) is 3.44. The number of nitrogens with one attached hydrogen (secondary N) is 1. The second-order valence-corrected chi connectivity index (χ2v) is 6.69. The summed E-state index contributed by atoms with van der Waals surface area (Å²) < 4.78 is 0. The third-order valence-electron chi connectivity index (χ3n) is 5.18. The Morgan fingerprint density at radius 1 is 1.42 bits per heavy atom. The molecule has 5 nitrogen and oxygen atoms in total. The lowest BCUT2D eigenvalue weighted by molar-refractivity contribution is -0.130. The molecule has 0 saturated carbocycles. The smallest absolute Gasteiger partial charge is 0.222 e. The highest BCUT2D eigenvalue weighted by Gasteiger charge is 2.50. The van der Waals surface area contributed by atoms with Gasteiger partial charge in [-0.05, 0) is 36.8 Å². The Hall–Kier alpha value is -0.880. The lowest BCUT2D eigenvalue weighted by Crippen LogP contribution is -2.37. The second kappa shape index (κ2) is 9.56. The van der Waals surface area contributed by atoms with Gasteiger partial charge < -0.3 is 15.3 Å². The first kappa shape index (κ1) is 21.2. The maximum atomic E-state index is 12.4. The predicted octanol–water partition coefficient (Wildman–Crippen LogP) is 1.68. The van der Waals surface area contributed by atoms with Crippen LogP contribution in [-0.2, 0) is 11.2 Å². The molecule has 0 radical (unpaired) electrons. The highest BCUT2D eigenvalue weighted by Crippen LogP contribution is 2.38. The summed E-state index contributed by atoms with van der Waals surface area (Å²) in [5.74, 6) is 0.658. The van der Waals surface area contributed by atoms with Gasteiger partial charge in [0, 0.05) is 50.4 Å². The highest BCUT2D eigenvalue weighted by atomic mass is 35.5. The number of hydrogen-bond donors (Lipinski definition) is 2. The molecule has 3 rings (SSSR count). The Kier molecular flexibility index (Phi) is 8.43. The number of aromatic nitrogens is 1. The number of likely N-dealkylation sites (tertiary alicyclic amines) is 1. The van der Waals surface area contributed by atoms with E-state index in [1.54, 1.807) is 6.20 Å². The number of nitrogens with zero attached hydrogens (tertiary/aromatic N) is 2. The van der Waals surface area contributed by atoms with Crippen molar-refractivity contribution in [1.29, 1.82) is 0 Å². The molecule has 0 aromatic carbocycles. The SMILES string of the molecule is Cl.Cl.O=C(CCCCc1cccnc1)N1CC2CNCC2(CO)C1. The van der Waals surface area contributed by atoms with Crippen LogP contribution in [0.1, 0.15) is 24.8 Å². The molecule has 3 heterocycles. The Morgan fingerprint density at radius 3 is 2.92 bits per heavy atom. The Bertz CT molecular complexity index is 518. The monoisotopic (exact) mass is 375 g/mol. The van der Waals surface area contributed by atoms with E-state index in [1.807, 2.05) is 17.2 Å². The van der Waals surface area contributed by atoms with E-state index < -0.39 is 0 Å². The number of rotatable bonds is 6. The zero-order valence-electron chi connectivity index (χ0n) is 13.8. The zero-order valence-corrected chi connectivity index (χ0v) is 15.5. The maximum absolute atomic E-state index is 12.4. The van der Waals surface area contributed by atoms with E-state index in [2.05, 4.69) is 16.4 Å².